The van der Waals surface area contributed by atoms with Crippen molar-refractivity contribution in [3.05, 3.63) is 108 Å². The van der Waals surface area contributed by atoms with Gasteiger partial charge >= 0.3 is 0 Å². The zero-order valence-corrected chi connectivity index (χ0v) is 13.6. The van der Waals surface area contributed by atoms with Gasteiger partial charge in [0, 0.05) is 5.56 Å². The fourth-order valence-corrected chi connectivity index (χ4v) is 2.66. The molecule has 0 heterocycles. The van der Waals surface area contributed by atoms with Crippen LogP contribution in [0.3, 0.4) is 0 Å². The highest BCUT2D eigenvalue weighted by Gasteiger charge is 2.16. The molecule has 2 heteroatoms. The second kappa shape index (κ2) is 7.51. The third kappa shape index (κ3) is 3.66. The van der Waals surface area contributed by atoms with Crippen molar-refractivity contribution in [2.45, 2.75) is 13.0 Å². The van der Waals surface area contributed by atoms with Gasteiger partial charge in [0.05, 0.1) is 5.71 Å². The van der Waals surface area contributed by atoms with Crippen molar-refractivity contribution >= 4 is 11.5 Å². The number of nitrogens with zero attached hydrogens (tertiary/aromatic N) is 1. The first-order valence-corrected chi connectivity index (χ1v) is 8.00. The summed E-state index contributed by atoms with van der Waals surface area (Å²) in [6, 6.07) is 29.2. The monoisotopic (exact) mass is 313 g/mol. The van der Waals surface area contributed by atoms with E-state index >= 15 is 0 Å². The molecule has 2 nitrogen and oxygen atoms in total. The third-order valence-corrected chi connectivity index (χ3v) is 3.92. The maximum atomic E-state index is 12.6. The number of Topliss-reactive ketones (excluding diaryl/α,β-unsaturated/α-hetero) is 1. The van der Waals surface area contributed by atoms with Gasteiger partial charge in [-0.2, -0.15) is 0 Å². The maximum absolute atomic E-state index is 12.6. The highest BCUT2D eigenvalue weighted by Crippen LogP contribution is 2.26. The SMILES string of the molecule is CC(=NC(c1ccccc1)c1ccccc1)C(=O)c1ccccc1. The molecule has 3 aromatic carbocycles. The van der Waals surface area contributed by atoms with E-state index in [1.807, 2.05) is 91.0 Å². The van der Waals surface area contributed by atoms with Gasteiger partial charge in [-0.15, -0.1) is 0 Å². The van der Waals surface area contributed by atoms with Crippen molar-refractivity contribution in [2.75, 3.05) is 0 Å². The molecule has 0 amide bonds. The van der Waals surface area contributed by atoms with Crippen LogP contribution >= 0.6 is 0 Å². The van der Waals surface area contributed by atoms with Crippen molar-refractivity contribution in [3.63, 3.8) is 0 Å². The Morgan fingerprint density at radius 3 is 1.58 bits per heavy atom. The van der Waals surface area contributed by atoms with Crippen molar-refractivity contribution in [2.24, 2.45) is 4.99 Å². The molecule has 0 bridgehead atoms. The van der Waals surface area contributed by atoms with E-state index in [2.05, 4.69) is 0 Å². The van der Waals surface area contributed by atoms with Crippen LogP contribution in [0.5, 0.6) is 0 Å². The topological polar surface area (TPSA) is 29.4 Å². The summed E-state index contributed by atoms with van der Waals surface area (Å²) in [7, 11) is 0. The minimum Gasteiger partial charge on any atom is -0.287 e. The van der Waals surface area contributed by atoms with Gasteiger partial charge in [0.2, 0.25) is 5.78 Å². The Bertz CT molecular complexity index is 784. The molecule has 0 aliphatic rings. The number of hydrogen-bond acceptors (Lipinski definition) is 2. The molecular formula is C22H19NO. The van der Waals surface area contributed by atoms with Crippen LogP contribution in [0.4, 0.5) is 0 Å². The minimum atomic E-state index is -0.180. The molecule has 3 aromatic rings. The summed E-state index contributed by atoms with van der Waals surface area (Å²) in [6.45, 7) is 1.79. The summed E-state index contributed by atoms with van der Waals surface area (Å²) < 4.78 is 0. The van der Waals surface area contributed by atoms with Gasteiger partial charge in [-0.25, -0.2) is 0 Å². The van der Waals surface area contributed by atoms with Crippen molar-refractivity contribution in [1.29, 1.82) is 0 Å². The summed E-state index contributed by atoms with van der Waals surface area (Å²) in [5, 5.41) is 0. The van der Waals surface area contributed by atoms with E-state index in [1.165, 1.54) is 0 Å². The van der Waals surface area contributed by atoms with Crippen LogP contribution in [0.25, 0.3) is 0 Å². The molecular weight excluding hydrogens is 294 g/mol. The summed E-state index contributed by atoms with van der Waals surface area (Å²) in [5.74, 6) is -0.0348. The van der Waals surface area contributed by atoms with Crippen LogP contribution in [0.1, 0.15) is 34.5 Å². The van der Waals surface area contributed by atoms with Crippen molar-refractivity contribution < 1.29 is 4.79 Å². The fourth-order valence-electron chi connectivity index (χ4n) is 2.66. The second-order valence-corrected chi connectivity index (χ2v) is 5.63. The van der Waals surface area contributed by atoms with Crippen LogP contribution in [0.2, 0.25) is 0 Å². The van der Waals surface area contributed by atoms with Gasteiger partial charge in [-0.3, -0.25) is 9.79 Å². The van der Waals surface area contributed by atoms with E-state index in [0.29, 0.717) is 11.3 Å². The molecule has 0 N–H and O–H groups in total. The number of aliphatic imine (C=N–C) groups is 1. The minimum absolute atomic E-state index is 0.0348. The molecule has 0 saturated carbocycles. The summed E-state index contributed by atoms with van der Waals surface area (Å²) in [5.41, 5.74) is 3.32. The lowest BCUT2D eigenvalue weighted by Gasteiger charge is -2.15. The number of hydrogen-bond donors (Lipinski definition) is 0. The predicted molar refractivity (Wildman–Crippen MR) is 98.6 cm³/mol. The molecule has 0 aliphatic heterocycles. The average Bonchev–Trinajstić information content (AvgIpc) is 2.67. The van der Waals surface area contributed by atoms with Crippen LogP contribution in [0.15, 0.2) is 96.0 Å². The molecule has 0 spiro atoms. The highest BCUT2D eigenvalue weighted by atomic mass is 16.1. The molecule has 0 radical (unpaired) electrons. The number of carbonyl (C=O) groups excluding carboxylic acids is 1. The Kier molecular flexibility index (Phi) is 4.97. The lowest BCUT2D eigenvalue weighted by Crippen LogP contribution is -2.13. The van der Waals surface area contributed by atoms with Crippen LogP contribution < -0.4 is 0 Å². The number of rotatable bonds is 5. The van der Waals surface area contributed by atoms with Gasteiger partial charge in [0.25, 0.3) is 0 Å². The fraction of sp³-hybridized carbons (Fsp3) is 0.0909. The quantitative estimate of drug-likeness (QED) is 0.475. The normalized spacial score (nSPS) is 11.5. The first-order chi connectivity index (χ1) is 11.8. The van der Waals surface area contributed by atoms with E-state index in [0.717, 1.165) is 11.1 Å². The molecule has 24 heavy (non-hydrogen) atoms. The van der Waals surface area contributed by atoms with Crippen LogP contribution in [-0.2, 0) is 0 Å². The maximum Gasteiger partial charge on any atom is 0.206 e. The first kappa shape index (κ1) is 15.9. The summed E-state index contributed by atoms with van der Waals surface area (Å²) in [6.07, 6.45) is 0. The molecule has 0 aromatic heterocycles. The van der Waals surface area contributed by atoms with Gasteiger partial charge in [0.1, 0.15) is 6.04 Å². The molecule has 0 aliphatic carbocycles. The number of benzene rings is 3. The summed E-state index contributed by atoms with van der Waals surface area (Å²) in [4.78, 5) is 17.4. The summed E-state index contributed by atoms with van der Waals surface area (Å²) >= 11 is 0. The lowest BCUT2D eigenvalue weighted by atomic mass is 9.98. The van der Waals surface area contributed by atoms with Crippen molar-refractivity contribution in [3.8, 4) is 0 Å². The van der Waals surface area contributed by atoms with Gasteiger partial charge in [-0.05, 0) is 18.1 Å². The Balaban J connectivity index is 1.99. The molecule has 118 valence electrons. The van der Waals surface area contributed by atoms with E-state index in [4.69, 9.17) is 4.99 Å². The van der Waals surface area contributed by atoms with Gasteiger partial charge < -0.3 is 0 Å². The van der Waals surface area contributed by atoms with E-state index < -0.39 is 0 Å². The molecule has 0 atom stereocenters. The van der Waals surface area contributed by atoms with E-state index in [1.54, 1.807) is 6.92 Å². The Morgan fingerprint density at radius 2 is 1.12 bits per heavy atom. The van der Waals surface area contributed by atoms with Gasteiger partial charge in [-0.1, -0.05) is 91.0 Å². The number of carbonyl (C=O) groups is 1. The van der Waals surface area contributed by atoms with Gasteiger partial charge in [0.15, 0.2) is 0 Å². The van der Waals surface area contributed by atoms with Crippen molar-refractivity contribution in [1.82, 2.24) is 0 Å². The third-order valence-electron chi connectivity index (χ3n) is 3.92. The second-order valence-electron chi connectivity index (χ2n) is 5.63. The zero-order valence-electron chi connectivity index (χ0n) is 13.6. The zero-order chi connectivity index (χ0) is 16.8. The van der Waals surface area contributed by atoms with Crippen LogP contribution in [-0.4, -0.2) is 11.5 Å². The van der Waals surface area contributed by atoms with E-state index in [-0.39, 0.29) is 11.8 Å². The Labute approximate surface area is 142 Å². The average molecular weight is 313 g/mol. The molecule has 0 unspecified atom stereocenters. The highest BCUT2D eigenvalue weighted by molar-refractivity contribution is 6.45. The molecule has 0 saturated heterocycles. The Morgan fingerprint density at radius 1 is 0.708 bits per heavy atom. The molecule has 3 rings (SSSR count). The van der Waals surface area contributed by atoms with E-state index in [9.17, 15) is 4.79 Å². The Hall–Kier alpha value is -3.00. The lowest BCUT2D eigenvalue weighted by molar-refractivity contribution is 0.106. The largest absolute Gasteiger partial charge is 0.287 e. The smallest absolute Gasteiger partial charge is 0.206 e. The number of ketones is 1. The first-order valence-electron chi connectivity index (χ1n) is 8.00. The predicted octanol–water partition coefficient (Wildman–Crippen LogP) is 5.12. The van der Waals surface area contributed by atoms with Crippen LogP contribution in [0, 0.1) is 0 Å². The standard InChI is InChI=1S/C22H19NO/c1-17(22(24)20-15-9-4-10-16-20)23-21(18-11-5-2-6-12-18)19-13-7-3-8-14-19/h2-16,21H,1H3. The molecule has 0 fully saturated rings.